The maximum absolute atomic E-state index is 12.3. The van der Waals surface area contributed by atoms with Crippen molar-refractivity contribution in [1.82, 2.24) is 9.97 Å². The Labute approximate surface area is 153 Å². The number of fused-ring (bicyclic) bond motifs is 1. The molecule has 25 heavy (non-hydrogen) atoms. The lowest BCUT2D eigenvalue weighted by molar-refractivity contribution is 0.102. The van der Waals surface area contributed by atoms with Crippen molar-refractivity contribution in [2.45, 2.75) is 32.8 Å². The van der Waals surface area contributed by atoms with E-state index in [2.05, 4.69) is 15.3 Å². The second-order valence-corrected chi connectivity index (χ2v) is 8.01. The highest BCUT2D eigenvalue weighted by molar-refractivity contribution is 7.16. The van der Waals surface area contributed by atoms with Crippen LogP contribution in [0.5, 0.6) is 5.75 Å². The van der Waals surface area contributed by atoms with Crippen molar-refractivity contribution in [3.63, 3.8) is 0 Å². The van der Waals surface area contributed by atoms with Crippen LogP contribution in [0.4, 0.5) is 5.13 Å². The molecule has 2 heterocycles. The van der Waals surface area contributed by atoms with Gasteiger partial charge >= 0.3 is 0 Å². The van der Waals surface area contributed by atoms with E-state index >= 15 is 0 Å². The Morgan fingerprint density at radius 2 is 2.08 bits per heavy atom. The summed E-state index contributed by atoms with van der Waals surface area (Å²) in [5, 5.41) is 6.59. The predicted molar refractivity (Wildman–Crippen MR) is 99.7 cm³/mol. The van der Waals surface area contributed by atoms with E-state index in [1.807, 2.05) is 12.3 Å². The minimum absolute atomic E-state index is 0.144. The van der Waals surface area contributed by atoms with Crippen molar-refractivity contribution in [1.29, 1.82) is 0 Å². The molecule has 0 aliphatic heterocycles. The molecule has 4 rings (SSSR count). The van der Waals surface area contributed by atoms with Crippen LogP contribution in [0.25, 0.3) is 0 Å². The molecule has 1 aliphatic carbocycles. The van der Waals surface area contributed by atoms with Gasteiger partial charge < -0.3 is 4.74 Å². The minimum atomic E-state index is -0.144. The average Bonchev–Trinajstić information content (AvgIpc) is 3.30. The lowest BCUT2D eigenvalue weighted by Gasteiger charge is -2.06. The maximum Gasteiger partial charge on any atom is 0.257 e. The number of nitrogens with zero attached hydrogens (tertiary/aromatic N) is 2. The smallest absolute Gasteiger partial charge is 0.257 e. The molecule has 5 nitrogen and oxygen atoms in total. The molecule has 128 valence electrons. The number of ether oxygens (including phenoxy) is 1. The Bertz CT molecular complexity index is 878. The number of hydrogen-bond donors (Lipinski definition) is 1. The lowest BCUT2D eigenvalue weighted by atomic mass is 10.2. The van der Waals surface area contributed by atoms with Gasteiger partial charge in [-0.05, 0) is 50.5 Å². The zero-order valence-corrected chi connectivity index (χ0v) is 15.4. The summed E-state index contributed by atoms with van der Waals surface area (Å²) >= 11 is 3.19. The summed E-state index contributed by atoms with van der Waals surface area (Å²) in [4.78, 5) is 22.5. The van der Waals surface area contributed by atoms with E-state index in [0.717, 1.165) is 35.0 Å². The number of benzene rings is 1. The summed E-state index contributed by atoms with van der Waals surface area (Å²) in [6.07, 6.45) is 3.27. The highest BCUT2D eigenvalue weighted by Gasteiger charge is 2.18. The number of aryl methyl sites for hydroxylation is 3. The van der Waals surface area contributed by atoms with Gasteiger partial charge in [0.1, 0.15) is 12.4 Å². The van der Waals surface area contributed by atoms with Gasteiger partial charge in [-0.3, -0.25) is 10.1 Å². The number of carbonyl (C=O) groups excluding carboxylic acids is 1. The fourth-order valence-electron chi connectivity index (χ4n) is 2.75. The highest BCUT2D eigenvalue weighted by atomic mass is 32.1. The molecule has 1 aliphatic rings. The van der Waals surface area contributed by atoms with E-state index in [1.165, 1.54) is 11.3 Å². The Kier molecular flexibility index (Phi) is 4.50. The maximum atomic E-state index is 12.3. The fraction of sp³-hybridized carbons (Fsp3) is 0.278. The SMILES string of the molecule is Cc1nc(COc2ccc(C(=O)Nc3nc4c(s3)CCC4)cc2)cs1. The number of nitrogens with one attached hydrogen (secondary N) is 1. The Morgan fingerprint density at radius 1 is 1.24 bits per heavy atom. The summed E-state index contributed by atoms with van der Waals surface area (Å²) in [5.74, 6) is 0.574. The van der Waals surface area contributed by atoms with Crippen molar-refractivity contribution < 1.29 is 9.53 Å². The Balaban J connectivity index is 1.36. The van der Waals surface area contributed by atoms with Gasteiger partial charge in [-0.15, -0.1) is 22.7 Å². The summed E-state index contributed by atoms with van der Waals surface area (Å²) in [6.45, 7) is 2.40. The Morgan fingerprint density at radius 3 is 2.80 bits per heavy atom. The second-order valence-electron chi connectivity index (χ2n) is 5.87. The van der Waals surface area contributed by atoms with Gasteiger partial charge in [0.25, 0.3) is 5.91 Å². The molecule has 0 fully saturated rings. The van der Waals surface area contributed by atoms with E-state index in [-0.39, 0.29) is 5.91 Å². The fourth-order valence-corrected chi connectivity index (χ4v) is 4.39. The zero-order chi connectivity index (χ0) is 17.2. The third-order valence-electron chi connectivity index (χ3n) is 3.99. The molecule has 0 saturated heterocycles. The topological polar surface area (TPSA) is 64.1 Å². The van der Waals surface area contributed by atoms with Crippen LogP contribution in [0.1, 0.15) is 38.1 Å². The monoisotopic (exact) mass is 371 g/mol. The first kappa shape index (κ1) is 16.2. The molecule has 0 unspecified atom stereocenters. The minimum Gasteiger partial charge on any atom is -0.487 e. The van der Waals surface area contributed by atoms with Crippen molar-refractivity contribution in [3.05, 3.63) is 56.5 Å². The number of anilines is 1. The molecular weight excluding hydrogens is 354 g/mol. The molecular formula is C18H17N3O2S2. The summed E-state index contributed by atoms with van der Waals surface area (Å²) in [7, 11) is 0. The van der Waals surface area contributed by atoms with Gasteiger partial charge in [0, 0.05) is 15.8 Å². The van der Waals surface area contributed by atoms with E-state index < -0.39 is 0 Å². The third-order valence-corrected chi connectivity index (χ3v) is 5.88. The van der Waals surface area contributed by atoms with Gasteiger partial charge in [-0.2, -0.15) is 0 Å². The zero-order valence-electron chi connectivity index (χ0n) is 13.7. The van der Waals surface area contributed by atoms with E-state index in [9.17, 15) is 4.79 Å². The quantitative estimate of drug-likeness (QED) is 0.729. The van der Waals surface area contributed by atoms with Crippen molar-refractivity contribution >= 4 is 33.7 Å². The highest BCUT2D eigenvalue weighted by Crippen LogP contribution is 2.30. The number of carbonyl (C=O) groups is 1. The molecule has 0 bridgehead atoms. The molecule has 0 atom stereocenters. The van der Waals surface area contributed by atoms with Crippen LogP contribution in [0.15, 0.2) is 29.6 Å². The first-order chi connectivity index (χ1) is 12.2. The van der Waals surface area contributed by atoms with Crippen LogP contribution in [-0.2, 0) is 19.4 Å². The molecule has 2 aromatic heterocycles. The lowest BCUT2D eigenvalue weighted by Crippen LogP contribution is -2.11. The Hall–Kier alpha value is -2.25. The normalized spacial score (nSPS) is 12.8. The molecule has 1 aromatic carbocycles. The molecule has 0 spiro atoms. The number of rotatable bonds is 5. The number of thiazole rings is 2. The van der Waals surface area contributed by atoms with Gasteiger partial charge in [-0.25, -0.2) is 9.97 Å². The molecule has 0 radical (unpaired) electrons. The predicted octanol–water partition coefficient (Wildman–Crippen LogP) is 4.23. The van der Waals surface area contributed by atoms with Crippen molar-refractivity contribution in [2.24, 2.45) is 0 Å². The number of aromatic nitrogens is 2. The van der Waals surface area contributed by atoms with Crippen molar-refractivity contribution in [2.75, 3.05) is 5.32 Å². The van der Waals surface area contributed by atoms with Crippen LogP contribution >= 0.6 is 22.7 Å². The average molecular weight is 371 g/mol. The van der Waals surface area contributed by atoms with Crippen LogP contribution in [0.3, 0.4) is 0 Å². The standard InChI is InChI=1S/C18H17N3O2S2/c1-11-19-13(10-24-11)9-23-14-7-5-12(6-8-14)17(22)21-18-20-15-3-2-4-16(15)25-18/h5-8,10H,2-4,9H2,1H3,(H,20,21,22). The van der Waals surface area contributed by atoms with Gasteiger partial charge in [0.2, 0.25) is 0 Å². The van der Waals surface area contributed by atoms with E-state index in [1.54, 1.807) is 46.9 Å². The first-order valence-electron chi connectivity index (χ1n) is 8.11. The second kappa shape index (κ2) is 6.93. The molecule has 0 saturated carbocycles. The van der Waals surface area contributed by atoms with Crippen LogP contribution in [-0.4, -0.2) is 15.9 Å². The summed E-state index contributed by atoms with van der Waals surface area (Å²) < 4.78 is 5.70. The largest absolute Gasteiger partial charge is 0.487 e. The summed E-state index contributed by atoms with van der Waals surface area (Å²) in [5.41, 5.74) is 2.65. The van der Waals surface area contributed by atoms with Gasteiger partial charge in [0.05, 0.1) is 16.4 Å². The molecule has 7 heteroatoms. The van der Waals surface area contributed by atoms with E-state index in [0.29, 0.717) is 17.3 Å². The van der Waals surface area contributed by atoms with Gasteiger partial charge in [-0.1, -0.05) is 0 Å². The van der Waals surface area contributed by atoms with Crippen LogP contribution < -0.4 is 10.1 Å². The van der Waals surface area contributed by atoms with Gasteiger partial charge in [0.15, 0.2) is 5.13 Å². The third kappa shape index (κ3) is 3.72. The van der Waals surface area contributed by atoms with Crippen LogP contribution in [0, 0.1) is 6.92 Å². The molecule has 3 aromatic rings. The van der Waals surface area contributed by atoms with Crippen molar-refractivity contribution in [3.8, 4) is 5.75 Å². The summed E-state index contributed by atoms with van der Waals surface area (Å²) in [6, 6.07) is 7.13. The number of amides is 1. The molecule has 1 amide bonds. The first-order valence-corrected chi connectivity index (χ1v) is 9.81. The molecule has 1 N–H and O–H groups in total. The number of hydrogen-bond acceptors (Lipinski definition) is 6. The van der Waals surface area contributed by atoms with Crippen LogP contribution in [0.2, 0.25) is 0 Å². The van der Waals surface area contributed by atoms with E-state index in [4.69, 9.17) is 4.74 Å².